The molecule has 0 fully saturated rings. The van der Waals surface area contributed by atoms with Crippen molar-refractivity contribution >= 4 is 9.47 Å². The lowest BCUT2D eigenvalue weighted by atomic mass is 10.0. The Kier molecular flexibility index (Phi) is 3.82. The molecule has 0 saturated carbocycles. The van der Waals surface area contributed by atoms with Crippen molar-refractivity contribution in [3.05, 3.63) is 71.3 Å². The van der Waals surface area contributed by atoms with Crippen LogP contribution in [0.5, 0.6) is 0 Å². The minimum atomic E-state index is -0.346. The molecule has 0 N–H and O–H groups in total. The quantitative estimate of drug-likeness (QED) is 0.754. The van der Waals surface area contributed by atoms with Gasteiger partial charge in [-0.25, -0.2) is 8.78 Å². The molecular weight excluding hydrogens is 241 g/mol. The van der Waals surface area contributed by atoms with Crippen LogP contribution in [0.3, 0.4) is 0 Å². The van der Waals surface area contributed by atoms with Crippen LogP contribution in [0.4, 0.5) is 8.78 Å². The largest absolute Gasteiger partial charge is 0.353 e. The molecule has 2 rings (SSSR count). The molecule has 2 aromatic carbocycles. The van der Waals surface area contributed by atoms with Gasteiger partial charge in [-0.1, -0.05) is 24.3 Å². The molecule has 0 bridgehead atoms. The Balaban J connectivity index is 2.33. The summed E-state index contributed by atoms with van der Waals surface area (Å²) in [6.07, 6.45) is -0.346. The van der Waals surface area contributed by atoms with Crippen molar-refractivity contribution in [1.82, 2.24) is 0 Å². The van der Waals surface area contributed by atoms with Gasteiger partial charge in [0.05, 0.1) is 0 Å². The monoisotopic (exact) mass is 252 g/mol. The van der Waals surface area contributed by atoms with Gasteiger partial charge in [0.1, 0.15) is 17.7 Å². The standard InChI is InChI=1S/C13H11F2OP/c14-11-5-1-9(2-6-11)13(16-17)10-3-7-12(15)8-4-10/h1-8,13H,17H2. The third-order valence-electron chi connectivity index (χ3n) is 2.48. The smallest absolute Gasteiger partial charge is 0.123 e. The maximum atomic E-state index is 12.8. The molecule has 88 valence electrons. The lowest BCUT2D eigenvalue weighted by Crippen LogP contribution is -2.00. The van der Waals surface area contributed by atoms with Gasteiger partial charge >= 0.3 is 0 Å². The molecule has 0 radical (unpaired) electrons. The van der Waals surface area contributed by atoms with Gasteiger partial charge in [0.2, 0.25) is 0 Å². The molecule has 0 spiro atoms. The lowest BCUT2D eigenvalue weighted by molar-refractivity contribution is 0.293. The van der Waals surface area contributed by atoms with E-state index in [0.717, 1.165) is 11.1 Å². The summed E-state index contributed by atoms with van der Waals surface area (Å²) in [6, 6.07) is 12.1. The van der Waals surface area contributed by atoms with Crippen molar-refractivity contribution in [3.8, 4) is 0 Å². The maximum Gasteiger partial charge on any atom is 0.123 e. The summed E-state index contributed by atoms with van der Waals surface area (Å²) in [7, 11) is 2.18. The van der Waals surface area contributed by atoms with Gasteiger partial charge in [0, 0.05) is 9.47 Å². The van der Waals surface area contributed by atoms with Crippen molar-refractivity contribution in [1.29, 1.82) is 0 Å². The van der Waals surface area contributed by atoms with Gasteiger partial charge in [-0.3, -0.25) is 0 Å². The van der Waals surface area contributed by atoms with Gasteiger partial charge in [0.25, 0.3) is 0 Å². The average Bonchev–Trinajstić information content (AvgIpc) is 2.35. The molecule has 0 saturated heterocycles. The van der Waals surface area contributed by atoms with Crippen LogP contribution in [0, 0.1) is 11.6 Å². The summed E-state index contributed by atoms with van der Waals surface area (Å²) >= 11 is 0. The summed E-state index contributed by atoms with van der Waals surface area (Å²) in [5, 5.41) is 0. The summed E-state index contributed by atoms with van der Waals surface area (Å²) in [5.74, 6) is -0.592. The third-order valence-corrected chi connectivity index (χ3v) is 2.75. The number of hydrogen-bond donors (Lipinski definition) is 0. The molecule has 0 amide bonds. The first-order valence-electron chi connectivity index (χ1n) is 5.07. The van der Waals surface area contributed by atoms with Gasteiger partial charge in [-0.05, 0) is 35.4 Å². The molecule has 17 heavy (non-hydrogen) atoms. The zero-order valence-electron chi connectivity index (χ0n) is 8.94. The first-order valence-corrected chi connectivity index (χ1v) is 5.54. The molecule has 4 heteroatoms. The van der Waals surface area contributed by atoms with Gasteiger partial charge in [0.15, 0.2) is 0 Å². The Bertz CT molecular complexity index is 436. The normalized spacial score (nSPS) is 10.8. The minimum absolute atomic E-state index is 0.296. The second-order valence-corrected chi connectivity index (χ2v) is 3.89. The van der Waals surface area contributed by atoms with E-state index >= 15 is 0 Å². The fourth-order valence-electron chi connectivity index (χ4n) is 1.62. The molecule has 1 atom stereocenters. The Labute approximate surface area is 101 Å². The fraction of sp³-hybridized carbons (Fsp3) is 0.0769. The highest BCUT2D eigenvalue weighted by atomic mass is 31.0. The molecule has 0 aliphatic heterocycles. The number of hydrogen-bond acceptors (Lipinski definition) is 1. The molecule has 1 unspecified atom stereocenters. The van der Waals surface area contributed by atoms with E-state index in [4.69, 9.17) is 4.52 Å². The molecule has 2 aromatic rings. The third kappa shape index (κ3) is 2.87. The van der Waals surface area contributed by atoms with Gasteiger partial charge in [-0.15, -0.1) is 0 Å². The summed E-state index contributed by atoms with van der Waals surface area (Å²) < 4.78 is 30.9. The first-order chi connectivity index (χ1) is 8.20. The van der Waals surface area contributed by atoms with Crippen molar-refractivity contribution in [2.75, 3.05) is 0 Å². The Morgan fingerprint density at radius 3 is 1.41 bits per heavy atom. The average molecular weight is 252 g/mol. The van der Waals surface area contributed by atoms with Crippen LogP contribution < -0.4 is 0 Å². The van der Waals surface area contributed by atoms with Crippen LogP contribution in [-0.2, 0) is 4.52 Å². The van der Waals surface area contributed by atoms with Gasteiger partial charge < -0.3 is 4.52 Å². The van der Waals surface area contributed by atoms with Crippen LogP contribution in [0.2, 0.25) is 0 Å². The van der Waals surface area contributed by atoms with E-state index in [0.29, 0.717) is 0 Å². The molecule has 0 aliphatic rings. The van der Waals surface area contributed by atoms with Crippen LogP contribution in [0.25, 0.3) is 0 Å². The highest BCUT2D eigenvalue weighted by Gasteiger charge is 2.13. The Hall–Kier alpha value is -1.31. The maximum absolute atomic E-state index is 12.8. The number of benzene rings is 2. The minimum Gasteiger partial charge on any atom is -0.353 e. The lowest BCUT2D eigenvalue weighted by Gasteiger charge is -2.15. The van der Waals surface area contributed by atoms with Crippen molar-refractivity contribution in [3.63, 3.8) is 0 Å². The van der Waals surface area contributed by atoms with Crippen molar-refractivity contribution < 1.29 is 13.3 Å². The highest BCUT2D eigenvalue weighted by Crippen LogP contribution is 2.28. The van der Waals surface area contributed by atoms with E-state index in [1.807, 2.05) is 0 Å². The van der Waals surface area contributed by atoms with Crippen LogP contribution in [0.15, 0.2) is 48.5 Å². The first kappa shape index (κ1) is 12.2. The van der Waals surface area contributed by atoms with E-state index in [2.05, 4.69) is 9.47 Å². The predicted octanol–water partition coefficient (Wildman–Crippen LogP) is 3.86. The number of rotatable bonds is 3. The second-order valence-electron chi connectivity index (χ2n) is 3.62. The van der Waals surface area contributed by atoms with E-state index in [-0.39, 0.29) is 17.7 Å². The summed E-state index contributed by atoms with van der Waals surface area (Å²) in [6.45, 7) is 0. The topological polar surface area (TPSA) is 9.23 Å². The van der Waals surface area contributed by atoms with Gasteiger partial charge in [-0.2, -0.15) is 0 Å². The fourth-order valence-corrected chi connectivity index (χ4v) is 1.94. The summed E-state index contributed by atoms with van der Waals surface area (Å²) in [5.41, 5.74) is 1.63. The second kappa shape index (κ2) is 5.35. The molecule has 0 heterocycles. The highest BCUT2D eigenvalue weighted by molar-refractivity contribution is 7.09. The number of halogens is 2. The zero-order chi connectivity index (χ0) is 12.3. The van der Waals surface area contributed by atoms with Crippen LogP contribution in [-0.4, -0.2) is 0 Å². The Morgan fingerprint density at radius 1 is 0.765 bits per heavy atom. The zero-order valence-corrected chi connectivity index (χ0v) is 10.1. The van der Waals surface area contributed by atoms with Crippen molar-refractivity contribution in [2.24, 2.45) is 0 Å². The summed E-state index contributed by atoms with van der Waals surface area (Å²) in [4.78, 5) is 0. The Morgan fingerprint density at radius 2 is 1.12 bits per heavy atom. The molecule has 1 nitrogen and oxygen atoms in total. The molecule has 0 aromatic heterocycles. The SMILES string of the molecule is Fc1ccc(C(OP)c2ccc(F)cc2)cc1. The van der Waals surface area contributed by atoms with E-state index in [9.17, 15) is 8.78 Å². The van der Waals surface area contributed by atoms with Crippen molar-refractivity contribution in [2.45, 2.75) is 6.10 Å². The van der Waals surface area contributed by atoms with E-state index in [1.165, 1.54) is 24.3 Å². The van der Waals surface area contributed by atoms with Crippen LogP contribution >= 0.6 is 9.47 Å². The van der Waals surface area contributed by atoms with E-state index in [1.54, 1.807) is 24.3 Å². The molecule has 0 aliphatic carbocycles. The van der Waals surface area contributed by atoms with Crippen LogP contribution in [0.1, 0.15) is 17.2 Å². The predicted molar refractivity (Wildman–Crippen MR) is 65.4 cm³/mol. The molecular formula is C13H11F2OP. The van der Waals surface area contributed by atoms with E-state index < -0.39 is 0 Å².